The highest BCUT2D eigenvalue weighted by Gasteiger charge is 2.45. The number of nitriles is 1. The van der Waals surface area contributed by atoms with Gasteiger partial charge in [-0.05, 0) is 18.1 Å². The summed E-state index contributed by atoms with van der Waals surface area (Å²) in [5.74, 6) is -2.27. The number of halogens is 1. The van der Waals surface area contributed by atoms with Gasteiger partial charge in [0.25, 0.3) is 0 Å². The first-order chi connectivity index (χ1) is 17.4. The number of aromatic nitrogens is 5. The van der Waals surface area contributed by atoms with E-state index in [-0.39, 0.29) is 35.8 Å². The summed E-state index contributed by atoms with van der Waals surface area (Å²) >= 11 is 6.20. The minimum atomic E-state index is -4.82. The van der Waals surface area contributed by atoms with Gasteiger partial charge in [-0.2, -0.15) is 15.2 Å². The van der Waals surface area contributed by atoms with E-state index < -0.39 is 51.9 Å². The molecule has 37 heavy (non-hydrogen) atoms. The second-order valence-electron chi connectivity index (χ2n) is 8.44. The van der Waals surface area contributed by atoms with Gasteiger partial charge in [0, 0.05) is 17.5 Å². The zero-order valence-electron chi connectivity index (χ0n) is 18.9. The van der Waals surface area contributed by atoms with Gasteiger partial charge in [-0.25, -0.2) is 4.68 Å². The molecule has 1 saturated carbocycles. The summed E-state index contributed by atoms with van der Waals surface area (Å²) in [7, 11) is -9.47. The Morgan fingerprint density at radius 1 is 1.19 bits per heavy atom. The Bertz CT molecular complexity index is 1440. The molecule has 1 aliphatic carbocycles. The van der Waals surface area contributed by atoms with Crippen LogP contribution in [0.5, 0.6) is 0 Å². The first-order valence-electron chi connectivity index (χ1n) is 10.8. The molecule has 1 fully saturated rings. The van der Waals surface area contributed by atoms with Crippen LogP contribution in [0.4, 0.5) is 5.82 Å². The summed E-state index contributed by atoms with van der Waals surface area (Å²) < 4.78 is 29.0. The van der Waals surface area contributed by atoms with Crippen LogP contribution in [0.15, 0.2) is 24.3 Å². The van der Waals surface area contributed by atoms with E-state index in [1.807, 2.05) is 12.1 Å². The van der Waals surface area contributed by atoms with Gasteiger partial charge in [0.15, 0.2) is 22.9 Å². The van der Waals surface area contributed by atoms with Gasteiger partial charge in [0.05, 0.1) is 18.8 Å². The molecule has 0 bridgehead atoms. The summed E-state index contributed by atoms with van der Waals surface area (Å²) in [6.45, 7) is -0.304. The summed E-state index contributed by atoms with van der Waals surface area (Å²) in [5, 5.41) is 42.3. The molecule has 0 radical (unpaired) electrons. The maximum atomic E-state index is 12.0. The third kappa shape index (κ3) is 6.32. The van der Waals surface area contributed by atoms with Crippen LogP contribution in [-0.2, 0) is 20.2 Å². The van der Waals surface area contributed by atoms with E-state index >= 15 is 0 Å². The molecule has 0 saturated heterocycles. The second-order valence-corrected chi connectivity index (χ2v) is 12.8. The van der Waals surface area contributed by atoms with E-state index in [4.69, 9.17) is 25.9 Å². The Kier molecular flexibility index (Phi) is 7.96. The van der Waals surface area contributed by atoms with Gasteiger partial charge in [-0.3, -0.25) is 9.13 Å². The molecular weight excluding hydrogens is 552 g/mol. The van der Waals surface area contributed by atoms with Crippen molar-refractivity contribution in [3.8, 4) is 6.07 Å². The molecule has 3 aromatic rings. The lowest BCUT2D eigenvalue weighted by Crippen LogP contribution is -2.31. The van der Waals surface area contributed by atoms with E-state index in [0.717, 1.165) is 5.56 Å². The monoisotopic (exact) mass is 573 g/mol. The number of anilines is 1. The molecule has 1 aromatic carbocycles. The van der Waals surface area contributed by atoms with Crippen molar-refractivity contribution in [3.63, 3.8) is 0 Å². The summed E-state index contributed by atoms with van der Waals surface area (Å²) in [6.07, 6.45) is -2.85. The number of fused-ring (bicyclic) bond motifs is 1. The highest BCUT2D eigenvalue weighted by Crippen LogP contribution is 2.56. The Morgan fingerprint density at radius 3 is 2.59 bits per heavy atom. The van der Waals surface area contributed by atoms with E-state index in [9.17, 15) is 29.5 Å². The van der Waals surface area contributed by atoms with Crippen molar-refractivity contribution in [1.29, 1.82) is 5.26 Å². The Morgan fingerprint density at radius 2 is 1.92 bits per heavy atom. The maximum absolute atomic E-state index is 12.0. The molecule has 0 amide bonds. The maximum Gasteiger partial charge on any atom is 0.340 e. The van der Waals surface area contributed by atoms with Crippen LogP contribution in [-0.4, -0.2) is 74.6 Å². The zero-order chi connectivity index (χ0) is 27.0. The normalized spacial score (nSPS) is 23.6. The number of aliphatic hydroxyl groups excluding tert-OH is 2. The molecule has 6 N–H and O–H groups in total. The molecule has 2 heterocycles. The molecule has 1 unspecified atom stereocenters. The van der Waals surface area contributed by atoms with Crippen LogP contribution in [0, 0.1) is 17.2 Å². The molecule has 4 rings (SSSR count). The highest BCUT2D eigenvalue weighted by molar-refractivity contribution is 7.70. The minimum absolute atomic E-state index is 0.00895. The van der Waals surface area contributed by atoms with Crippen molar-refractivity contribution in [3.05, 3.63) is 40.7 Å². The van der Waals surface area contributed by atoms with Gasteiger partial charge in [0.1, 0.15) is 12.2 Å². The number of nitrogens with zero attached hydrogens (tertiary/aromatic N) is 6. The lowest BCUT2D eigenvalue weighted by Gasteiger charge is -2.19. The number of hydrogen-bond acceptors (Lipinski definition) is 11. The van der Waals surface area contributed by atoms with Gasteiger partial charge >= 0.3 is 15.2 Å². The number of rotatable bonds is 9. The van der Waals surface area contributed by atoms with E-state index in [1.54, 1.807) is 18.2 Å². The van der Waals surface area contributed by atoms with Crippen LogP contribution >= 0.6 is 26.8 Å². The highest BCUT2D eigenvalue weighted by atomic mass is 35.5. The third-order valence-corrected chi connectivity index (χ3v) is 9.59. The molecule has 2 aromatic heterocycles. The lowest BCUT2D eigenvalue weighted by atomic mass is 10.1. The number of aliphatic hydroxyl groups is 2. The van der Waals surface area contributed by atoms with Crippen LogP contribution in [0.2, 0.25) is 5.02 Å². The molecule has 5 atom stereocenters. The van der Waals surface area contributed by atoms with Crippen molar-refractivity contribution in [2.24, 2.45) is 5.92 Å². The number of benzene rings is 1. The van der Waals surface area contributed by atoms with Crippen LogP contribution in [0.1, 0.15) is 23.9 Å². The van der Waals surface area contributed by atoms with E-state index in [2.05, 4.69) is 25.6 Å². The lowest BCUT2D eigenvalue weighted by molar-refractivity contribution is -0.00362. The zero-order valence-corrected chi connectivity index (χ0v) is 21.4. The average Bonchev–Trinajstić information content (AvgIpc) is 3.36. The standard InChI is InChI=1S/C19H22ClN7O8P2/c20-12-4-2-1-3-10(12)7-22-18-15-19(24-14(6-21)23-18)27(26-25-15)13-5-11(16(28)17(13)29)8-35-37(33,34)9-36(30,31)32/h1-4,11,13,16-17,28-29H,5,7-9H2,(H,33,34)(H,22,23,24)(H2,30,31,32)/t11-,13-,16-,17+/m1/s1. The minimum Gasteiger partial charge on any atom is -0.390 e. The molecule has 15 nitrogen and oxygen atoms in total. The van der Waals surface area contributed by atoms with E-state index in [0.29, 0.717) is 5.02 Å². The fraction of sp³-hybridized carbons (Fsp3) is 0.421. The van der Waals surface area contributed by atoms with Gasteiger partial charge < -0.3 is 34.7 Å². The van der Waals surface area contributed by atoms with Crippen molar-refractivity contribution in [2.75, 3.05) is 17.8 Å². The van der Waals surface area contributed by atoms with Crippen LogP contribution in [0.25, 0.3) is 11.2 Å². The Hall–Kier alpha value is -2.50. The number of nitrogens with one attached hydrogen (secondary N) is 1. The fourth-order valence-electron chi connectivity index (χ4n) is 4.04. The SMILES string of the molecule is N#Cc1nc(NCc2ccccc2Cl)c2nnn([C@@H]3C[C@H](COP(=O)(O)CP(=O)(O)O)[C@@H](O)[C@H]3O)c2n1. The predicted octanol–water partition coefficient (Wildman–Crippen LogP) is 0.978. The smallest absolute Gasteiger partial charge is 0.340 e. The Labute approximate surface area is 214 Å². The van der Waals surface area contributed by atoms with Gasteiger partial charge in [-0.15, -0.1) is 5.10 Å². The van der Waals surface area contributed by atoms with Gasteiger partial charge in [0.2, 0.25) is 5.82 Å². The number of hydrogen-bond donors (Lipinski definition) is 6. The Balaban J connectivity index is 1.57. The second kappa shape index (κ2) is 10.7. The van der Waals surface area contributed by atoms with Gasteiger partial charge in [-0.1, -0.05) is 35.0 Å². The molecular formula is C19H22ClN7O8P2. The summed E-state index contributed by atoms with van der Waals surface area (Å²) in [4.78, 5) is 35.9. The first kappa shape index (κ1) is 27.5. The van der Waals surface area contributed by atoms with Crippen LogP contribution in [0.3, 0.4) is 0 Å². The van der Waals surface area contributed by atoms with E-state index in [1.165, 1.54) is 4.68 Å². The van der Waals surface area contributed by atoms with Crippen molar-refractivity contribution in [2.45, 2.75) is 31.2 Å². The van der Waals surface area contributed by atoms with Crippen LogP contribution < -0.4 is 5.32 Å². The van der Waals surface area contributed by atoms with Crippen molar-refractivity contribution < 1.29 is 38.5 Å². The third-order valence-electron chi connectivity index (χ3n) is 5.77. The predicted molar refractivity (Wildman–Crippen MR) is 128 cm³/mol. The molecule has 0 aliphatic heterocycles. The fourth-order valence-corrected chi connectivity index (χ4v) is 6.86. The van der Waals surface area contributed by atoms with Crippen molar-refractivity contribution >= 4 is 43.8 Å². The molecule has 0 spiro atoms. The molecule has 1 aliphatic rings. The average molecular weight is 574 g/mol. The topological polar surface area (TPSA) is 237 Å². The molecule has 18 heteroatoms. The summed E-state index contributed by atoms with van der Waals surface area (Å²) in [6, 6.07) is 8.06. The largest absolute Gasteiger partial charge is 0.390 e. The summed E-state index contributed by atoms with van der Waals surface area (Å²) in [5.41, 5.74) is 1.05. The first-order valence-corrected chi connectivity index (χ1v) is 14.7. The molecule has 198 valence electrons. The van der Waals surface area contributed by atoms with Crippen molar-refractivity contribution in [1.82, 2.24) is 25.0 Å². The quantitative estimate of drug-likeness (QED) is 0.196.